The highest BCUT2D eigenvalue weighted by atomic mass is 35.5. The molecule has 1 aromatic heterocycles. The van der Waals surface area contributed by atoms with Gasteiger partial charge in [-0.25, -0.2) is 20.0 Å². The fourth-order valence-corrected chi connectivity index (χ4v) is 2.48. The third-order valence-electron chi connectivity index (χ3n) is 3.04. The number of halogens is 1. The lowest BCUT2D eigenvalue weighted by Gasteiger charge is -2.38. The van der Waals surface area contributed by atoms with Crippen molar-refractivity contribution in [1.82, 2.24) is 9.97 Å². The average molecular weight is 320 g/mol. The highest BCUT2D eigenvalue weighted by molar-refractivity contribution is 8.32. The Morgan fingerprint density at radius 2 is 2.20 bits per heavy atom. The van der Waals surface area contributed by atoms with E-state index in [4.69, 9.17) is 21.1 Å². The van der Waals surface area contributed by atoms with Crippen LogP contribution in [0.5, 0.6) is 0 Å². The molecular formula is C13H22ClN3O2S. The largest absolute Gasteiger partial charge is 0.377 e. The first kappa shape index (κ1) is 15.8. The summed E-state index contributed by atoms with van der Waals surface area (Å²) in [6.07, 6.45) is 8.53. The van der Waals surface area contributed by atoms with Gasteiger partial charge in [0.2, 0.25) is 5.28 Å². The first-order valence-corrected chi connectivity index (χ1v) is 9.93. The van der Waals surface area contributed by atoms with Crippen molar-refractivity contribution in [2.45, 2.75) is 6.04 Å². The zero-order valence-corrected chi connectivity index (χ0v) is 13.8. The summed E-state index contributed by atoms with van der Waals surface area (Å²) in [7, 11) is -0.520. The van der Waals surface area contributed by atoms with E-state index in [1.807, 2.05) is 6.07 Å². The number of anilines is 1. The molecular weight excluding hydrogens is 298 g/mol. The van der Waals surface area contributed by atoms with Crippen molar-refractivity contribution in [3.63, 3.8) is 0 Å². The molecule has 2 rings (SSSR count). The molecule has 20 heavy (non-hydrogen) atoms. The van der Waals surface area contributed by atoms with Gasteiger partial charge in [0.25, 0.3) is 0 Å². The van der Waals surface area contributed by atoms with E-state index >= 15 is 0 Å². The van der Waals surface area contributed by atoms with Crippen LogP contribution in [0.25, 0.3) is 0 Å². The minimum atomic E-state index is -0.520. The summed E-state index contributed by atoms with van der Waals surface area (Å²) in [5.41, 5.74) is 0. The van der Waals surface area contributed by atoms with Crippen molar-refractivity contribution < 1.29 is 9.47 Å². The minimum Gasteiger partial charge on any atom is -0.377 e. The second kappa shape index (κ2) is 6.93. The molecule has 1 fully saturated rings. The van der Waals surface area contributed by atoms with Crippen LogP contribution in [0.1, 0.15) is 0 Å². The van der Waals surface area contributed by atoms with E-state index in [1.165, 1.54) is 0 Å². The predicted octanol–water partition coefficient (Wildman–Crippen LogP) is 2.00. The zero-order chi connectivity index (χ0) is 14.6. The maximum Gasteiger partial charge on any atom is 0.224 e. The van der Waals surface area contributed by atoms with Crippen LogP contribution < -0.4 is 4.90 Å². The third kappa shape index (κ3) is 4.77. The van der Waals surface area contributed by atoms with Gasteiger partial charge in [-0.2, -0.15) is 0 Å². The van der Waals surface area contributed by atoms with Gasteiger partial charge in [0.1, 0.15) is 12.5 Å². The van der Waals surface area contributed by atoms with Gasteiger partial charge in [0, 0.05) is 11.9 Å². The Morgan fingerprint density at radius 3 is 2.75 bits per heavy atom. The normalized spacial score (nSPS) is 16.8. The van der Waals surface area contributed by atoms with Crippen LogP contribution >= 0.6 is 21.6 Å². The Balaban J connectivity index is 1.91. The SMILES string of the molecule is CS(C)(C)CCOCN(c1ccnc(Cl)n1)C1COC1. The maximum absolute atomic E-state index is 5.86. The van der Waals surface area contributed by atoms with Crippen LogP contribution in [-0.2, 0) is 9.47 Å². The first-order valence-electron chi connectivity index (χ1n) is 6.52. The molecule has 0 saturated carbocycles. The summed E-state index contributed by atoms with van der Waals surface area (Å²) >= 11 is 5.86. The summed E-state index contributed by atoms with van der Waals surface area (Å²) in [6.45, 7) is 2.68. The lowest BCUT2D eigenvalue weighted by Crippen LogP contribution is -2.50. The lowest BCUT2D eigenvalue weighted by atomic mass is 10.2. The van der Waals surface area contributed by atoms with E-state index in [1.54, 1.807) is 6.20 Å². The Labute approximate surface area is 126 Å². The number of aromatic nitrogens is 2. The molecule has 1 aliphatic rings. The van der Waals surface area contributed by atoms with Gasteiger partial charge in [-0.1, -0.05) is 0 Å². The summed E-state index contributed by atoms with van der Waals surface area (Å²) in [5.74, 6) is 1.90. The van der Waals surface area contributed by atoms with E-state index in [2.05, 4.69) is 33.6 Å². The van der Waals surface area contributed by atoms with Gasteiger partial charge in [0.05, 0.1) is 25.9 Å². The summed E-state index contributed by atoms with van der Waals surface area (Å²) in [5, 5.41) is 0.256. The van der Waals surface area contributed by atoms with Crippen LogP contribution in [-0.4, -0.2) is 67.1 Å². The topological polar surface area (TPSA) is 47.5 Å². The molecule has 1 aromatic rings. The van der Waals surface area contributed by atoms with Crippen LogP contribution in [0, 0.1) is 0 Å². The van der Waals surface area contributed by atoms with Crippen molar-refractivity contribution >= 4 is 27.4 Å². The Kier molecular flexibility index (Phi) is 5.49. The third-order valence-corrected chi connectivity index (χ3v) is 4.61. The van der Waals surface area contributed by atoms with E-state index in [9.17, 15) is 0 Å². The van der Waals surface area contributed by atoms with Crippen LogP contribution in [0.4, 0.5) is 5.82 Å². The van der Waals surface area contributed by atoms with Crippen molar-refractivity contribution in [2.75, 3.05) is 56.0 Å². The Bertz CT molecular complexity index is 438. The maximum atomic E-state index is 5.86. The number of rotatable bonds is 7. The van der Waals surface area contributed by atoms with Gasteiger partial charge in [-0.15, -0.1) is 0 Å². The molecule has 0 spiro atoms. The summed E-state index contributed by atoms with van der Waals surface area (Å²) < 4.78 is 11.1. The van der Waals surface area contributed by atoms with E-state index in [0.717, 1.165) is 18.2 Å². The first-order chi connectivity index (χ1) is 9.46. The van der Waals surface area contributed by atoms with Crippen molar-refractivity contribution in [3.05, 3.63) is 17.5 Å². The molecule has 114 valence electrons. The molecule has 1 aliphatic heterocycles. The number of nitrogens with zero attached hydrogens (tertiary/aromatic N) is 3. The van der Waals surface area contributed by atoms with Gasteiger partial charge < -0.3 is 14.4 Å². The average Bonchev–Trinajstić information content (AvgIpc) is 2.29. The zero-order valence-electron chi connectivity index (χ0n) is 12.2. The fraction of sp³-hybridized carbons (Fsp3) is 0.692. The second-order valence-electron chi connectivity index (χ2n) is 5.68. The highest BCUT2D eigenvalue weighted by Crippen LogP contribution is 2.33. The molecule has 0 unspecified atom stereocenters. The molecule has 0 aliphatic carbocycles. The van der Waals surface area contributed by atoms with Gasteiger partial charge in [0.15, 0.2) is 0 Å². The standard InChI is InChI=1S/C13H22ClN3O2S/c1-20(2,3)7-6-18-10-17(11-8-19-9-11)12-4-5-15-13(14)16-12/h4-5,11H,6-10H2,1-3H3. The van der Waals surface area contributed by atoms with Gasteiger partial charge in [-0.05, 0) is 36.4 Å². The van der Waals surface area contributed by atoms with E-state index in [-0.39, 0.29) is 5.28 Å². The quantitative estimate of drug-likeness (QED) is 0.437. The number of ether oxygens (including phenoxy) is 2. The predicted molar refractivity (Wildman–Crippen MR) is 85.2 cm³/mol. The molecule has 0 atom stereocenters. The van der Waals surface area contributed by atoms with Crippen LogP contribution in [0.2, 0.25) is 5.28 Å². The van der Waals surface area contributed by atoms with Gasteiger partial charge in [-0.3, -0.25) is 0 Å². The smallest absolute Gasteiger partial charge is 0.224 e. The Hall–Kier alpha value is -0.560. The van der Waals surface area contributed by atoms with Crippen molar-refractivity contribution in [3.8, 4) is 0 Å². The molecule has 7 heteroatoms. The van der Waals surface area contributed by atoms with Gasteiger partial charge >= 0.3 is 0 Å². The van der Waals surface area contributed by atoms with E-state index < -0.39 is 10.0 Å². The molecule has 0 N–H and O–H groups in total. The molecule has 2 heterocycles. The molecule has 0 aromatic carbocycles. The van der Waals surface area contributed by atoms with Crippen molar-refractivity contribution in [1.29, 1.82) is 0 Å². The molecule has 1 saturated heterocycles. The lowest BCUT2D eigenvalue weighted by molar-refractivity contribution is -0.00441. The minimum absolute atomic E-state index is 0.256. The molecule has 0 radical (unpaired) electrons. The fourth-order valence-electron chi connectivity index (χ4n) is 1.72. The second-order valence-corrected chi connectivity index (χ2v) is 10.6. The summed E-state index contributed by atoms with van der Waals surface area (Å²) in [4.78, 5) is 10.3. The highest BCUT2D eigenvalue weighted by Gasteiger charge is 2.27. The number of hydrogen-bond donors (Lipinski definition) is 0. The van der Waals surface area contributed by atoms with E-state index in [0.29, 0.717) is 26.0 Å². The van der Waals surface area contributed by atoms with Crippen LogP contribution in [0.3, 0.4) is 0 Å². The van der Waals surface area contributed by atoms with Crippen molar-refractivity contribution in [2.24, 2.45) is 0 Å². The number of hydrogen-bond acceptors (Lipinski definition) is 5. The van der Waals surface area contributed by atoms with Crippen LogP contribution in [0.15, 0.2) is 12.3 Å². The summed E-state index contributed by atoms with van der Waals surface area (Å²) in [6, 6.07) is 2.16. The molecule has 5 nitrogen and oxygen atoms in total. The molecule has 0 bridgehead atoms. The molecule has 0 amide bonds. The Morgan fingerprint density at radius 1 is 1.45 bits per heavy atom. The monoisotopic (exact) mass is 319 g/mol.